The number of phenols is 3. The van der Waals surface area contributed by atoms with Crippen LogP contribution in [0.2, 0.25) is 0 Å². The Morgan fingerprint density at radius 2 is 1.04 bits per heavy atom. The molecule has 3 N–H and O–H groups in total. The van der Waals surface area contributed by atoms with Crippen molar-refractivity contribution in [3.63, 3.8) is 0 Å². The van der Waals surface area contributed by atoms with E-state index in [1.807, 2.05) is 13.0 Å². The highest BCUT2D eigenvalue weighted by Crippen LogP contribution is 2.64. The maximum Gasteiger partial charge on any atom is 0.157 e. The van der Waals surface area contributed by atoms with Gasteiger partial charge in [0.1, 0.15) is 5.75 Å². The zero-order valence-electron chi connectivity index (χ0n) is 15.6. The van der Waals surface area contributed by atoms with Crippen molar-refractivity contribution in [3.05, 3.63) is 52.1 Å². The molecule has 0 saturated heterocycles. The van der Waals surface area contributed by atoms with E-state index >= 15 is 0 Å². The lowest BCUT2D eigenvalue weighted by Gasteiger charge is -2.30. The van der Waals surface area contributed by atoms with Gasteiger partial charge in [0.15, 0.2) is 11.5 Å². The highest BCUT2D eigenvalue weighted by atomic mass is 16.3. The minimum Gasteiger partial charge on any atom is -0.508 e. The SMILES string of the molecule is Cc1cc2c(cc1O)C1(CC2(C)C)CC(C)(C)c2cc(O)c(O)cc21. The average Bonchev–Trinajstić information content (AvgIpc) is 2.82. The van der Waals surface area contributed by atoms with Crippen molar-refractivity contribution in [2.24, 2.45) is 0 Å². The molecule has 3 heteroatoms. The predicted octanol–water partition coefficient (Wildman–Crippen LogP) is 4.76. The summed E-state index contributed by atoms with van der Waals surface area (Å²) >= 11 is 0. The fourth-order valence-electron chi connectivity index (χ4n) is 5.47. The van der Waals surface area contributed by atoms with Crippen LogP contribution in [0.1, 0.15) is 68.4 Å². The molecule has 25 heavy (non-hydrogen) atoms. The van der Waals surface area contributed by atoms with Crippen LogP contribution in [0.25, 0.3) is 0 Å². The lowest BCUT2D eigenvalue weighted by molar-refractivity contribution is 0.348. The minimum atomic E-state index is -0.242. The monoisotopic (exact) mass is 338 g/mol. The van der Waals surface area contributed by atoms with Crippen LogP contribution in [0, 0.1) is 6.92 Å². The zero-order valence-corrected chi connectivity index (χ0v) is 15.6. The van der Waals surface area contributed by atoms with Crippen molar-refractivity contribution in [1.29, 1.82) is 0 Å². The molecule has 4 rings (SSSR count). The second-order valence-electron chi connectivity index (χ2n) is 9.27. The summed E-state index contributed by atoms with van der Waals surface area (Å²) in [7, 11) is 0. The van der Waals surface area contributed by atoms with Gasteiger partial charge in [-0.25, -0.2) is 0 Å². The standard InChI is InChI=1S/C22H26O3/c1-12-6-13-15(8-17(12)23)22(10-20(13,2)3)11-21(4,5)14-7-18(24)19(25)9-16(14)22/h6-9,23-25H,10-11H2,1-5H3. The molecule has 0 fully saturated rings. The first-order chi connectivity index (χ1) is 11.5. The Labute approximate surface area is 149 Å². The van der Waals surface area contributed by atoms with Gasteiger partial charge in [-0.15, -0.1) is 0 Å². The molecule has 0 aliphatic heterocycles. The normalized spacial score (nSPS) is 25.2. The summed E-state index contributed by atoms with van der Waals surface area (Å²) in [5.41, 5.74) is 5.15. The van der Waals surface area contributed by atoms with Gasteiger partial charge in [-0.1, -0.05) is 33.8 Å². The molecule has 1 unspecified atom stereocenters. The summed E-state index contributed by atoms with van der Waals surface area (Å²) in [4.78, 5) is 0. The van der Waals surface area contributed by atoms with Gasteiger partial charge < -0.3 is 15.3 Å². The van der Waals surface area contributed by atoms with Crippen molar-refractivity contribution in [2.45, 2.75) is 63.7 Å². The van der Waals surface area contributed by atoms with Crippen LogP contribution in [-0.4, -0.2) is 15.3 Å². The van der Waals surface area contributed by atoms with Crippen molar-refractivity contribution in [2.75, 3.05) is 0 Å². The van der Waals surface area contributed by atoms with Crippen LogP contribution in [0.15, 0.2) is 24.3 Å². The van der Waals surface area contributed by atoms with Gasteiger partial charge in [-0.05, 0) is 76.6 Å². The van der Waals surface area contributed by atoms with Gasteiger partial charge >= 0.3 is 0 Å². The van der Waals surface area contributed by atoms with E-state index in [9.17, 15) is 15.3 Å². The number of hydrogen-bond acceptors (Lipinski definition) is 3. The molecule has 2 aromatic rings. The average molecular weight is 338 g/mol. The van der Waals surface area contributed by atoms with Gasteiger partial charge in [0, 0.05) is 5.41 Å². The molecule has 0 bridgehead atoms. The van der Waals surface area contributed by atoms with Gasteiger partial charge in [0.25, 0.3) is 0 Å². The van der Waals surface area contributed by atoms with Gasteiger partial charge in [-0.2, -0.15) is 0 Å². The van der Waals surface area contributed by atoms with Crippen LogP contribution in [0.5, 0.6) is 17.2 Å². The molecule has 0 radical (unpaired) electrons. The first-order valence-corrected chi connectivity index (χ1v) is 8.89. The Bertz CT molecular complexity index is 830. The van der Waals surface area contributed by atoms with Gasteiger partial charge in [-0.3, -0.25) is 0 Å². The number of rotatable bonds is 0. The molecule has 132 valence electrons. The lowest BCUT2D eigenvalue weighted by Crippen LogP contribution is -2.26. The van der Waals surface area contributed by atoms with E-state index in [2.05, 4.69) is 33.8 Å². The van der Waals surface area contributed by atoms with Gasteiger partial charge in [0.2, 0.25) is 0 Å². The molecular formula is C22H26O3. The highest BCUT2D eigenvalue weighted by molar-refractivity contribution is 5.64. The van der Waals surface area contributed by atoms with E-state index in [0.29, 0.717) is 5.75 Å². The number of fused-ring (bicyclic) bond motifs is 4. The van der Waals surface area contributed by atoms with E-state index in [4.69, 9.17) is 0 Å². The van der Waals surface area contributed by atoms with Crippen LogP contribution in [0.3, 0.4) is 0 Å². The third-order valence-electron chi connectivity index (χ3n) is 6.43. The number of aromatic hydroxyl groups is 3. The van der Waals surface area contributed by atoms with E-state index in [1.165, 1.54) is 5.56 Å². The van der Waals surface area contributed by atoms with Crippen LogP contribution < -0.4 is 0 Å². The van der Waals surface area contributed by atoms with Crippen LogP contribution >= 0.6 is 0 Å². The molecule has 0 heterocycles. The molecule has 0 amide bonds. The fraction of sp³-hybridized carbons (Fsp3) is 0.455. The summed E-state index contributed by atoms with van der Waals surface area (Å²) in [5.74, 6) is 0.191. The number of phenolic OH excluding ortho intramolecular Hbond substituents is 3. The van der Waals surface area contributed by atoms with E-state index < -0.39 is 0 Å². The smallest absolute Gasteiger partial charge is 0.157 e. The minimum absolute atomic E-state index is 0.0149. The van der Waals surface area contributed by atoms with Crippen LogP contribution in [0.4, 0.5) is 0 Å². The zero-order chi connectivity index (χ0) is 18.4. The number of benzene rings is 2. The second-order valence-corrected chi connectivity index (χ2v) is 9.27. The van der Waals surface area contributed by atoms with E-state index in [-0.39, 0.29) is 27.7 Å². The first-order valence-electron chi connectivity index (χ1n) is 8.89. The summed E-state index contributed by atoms with van der Waals surface area (Å²) in [6.07, 6.45) is 1.83. The van der Waals surface area contributed by atoms with Gasteiger partial charge in [0.05, 0.1) is 0 Å². The molecular weight excluding hydrogens is 312 g/mol. The van der Waals surface area contributed by atoms with Crippen molar-refractivity contribution >= 4 is 0 Å². The first kappa shape index (κ1) is 16.3. The summed E-state index contributed by atoms with van der Waals surface area (Å²) < 4.78 is 0. The molecule has 2 aliphatic rings. The third-order valence-corrected chi connectivity index (χ3v) is 6.43. The quantitative estimate of drug-likeness (QED) is 0.607. The molecule has 0 aromatic heterocycles. The molecule has 2 aromatic carbocycles. The third kappa shape index (κ3) is 1.98. The fourth-order valence-corrected chi connectivity index (χ4v) is 5.47. The maximum atomic E-state index is 10.4. The maximum absolute atomic E-state index is 10.4. The molecule has 1 spiro atoms. The Morgan fingerprint density at radius 3 is 1.56 bits per heavy atom. The van der Waals surface area contributed by atoms with Crippen molar-refractivity contribution in [3.8, 4) is 17.2 Å². The van der Waals surface area contributed by atoms with Crippen molar-refractivity contribution in [1.82, 2.24) is 0 Å². The van der Waals surface area contributed by atoms with E-state index in [1.54, 1.807) is 12.1 Å². The van der Waals surface area contributed by atoms with Crippen molar-refractivity contribution < 1.29 is 15.3 Å². The summed E-state index contributed by atoms with van der Waals surface area (Å²) in [6.45, 7) is 10.8. The molecule has 3 nitrogen and oxygen atoms in total. The number of aryl methyl sites for hydroxylation is 1. The van der Waals surface area contributed by atoms with E-state index in [0.717, 1.165) is 35.1 Å². The molecule has 2 aliphatic carbocycles. The molecule has 0 saturated carbocycles. The summed E-state index contributed by atoms with van der Waals surface area (Å²) in [5, 5.41) is 30.6. The predicted molar refractivity (Wildman–Crippen MR) is 98.7 cm³/mol. The Morgan fingerprint density at radius 1 is 0.640 bits per heavy atom. The molecule has 1 atom stereocenters. The highest BCUT2D eigenvalue weighted by Gasteiger charge is 2.56. The second kappa shape index (κ2) is 4.51. The topological polar surface area (TPSA) is 60.7 Å². The summed E-state index contributed by atoms with van der Waals surface area (Å²) in [6, 6.07) is 7.50. The Kier molecular flexibility index (Phi) is 2.95. The largest absolute Gasteiger partial charge is 0.508 e. The Balaban J connectivity index is 2.07. The number of hydrogen-bond donors (Lipinski definition) is 3. The van der Waals surface area contributed by atoms with Crippen LogP contribution in [-0.2, 0) is 16.2 Å². The lowest BCUT2D eigenvalue weighted by atomic mass is 9.72. The Hall–Kier alpha value is -2.16.